The Morgan fingerprint density at radius 3 is 2.19 bits per heavy atom. The summed E-state index contributed by atoms with van der Waals surface area (Å²) in [5, 5.41) is 32.8. The van der Waals surface area contributed by atoms with E-state index < -0.39 is 11.6 Å². The number of fused-ring (bicyclic) bond motifs is 6. The minimum Gasteiger partial charge on any atom is -0.508 e. The summed E-state index contributed by atoms with van der Waals surface area (Å²) in [6.45, 7) is 0.143. The van der Waals surface area contributed by atoms with Gasteiger partial charge in [0.25, 0.3) is 0 Å². The maximum Gasteiger partial charge on any atom is 0.340 e. The molecule has 162 valence electrons. The second-order valence-electron chi connectivity index (χ2n) is 6.82. The summed E-state index contributed by atoms with van der Waals surface area (Å²) < 4.78 is 11.8. The van der Waals surface area contributed by atoms with Crippen molar-refractivity contribution in [3.8, 4) is 23.0 Å². The number of rotatable bonds is 3. The maximum absolute atomic E-state index is 12.5. The van der Waals surface area contributed by atoms with Gasteiger partial charge < -0.3 is 29.6 Å². The monoisotopic (exact) mass is 451 g/mol. The van der Waals surface area contributed by atoms with Crippen LogP contribution >= 0.6 is 12.2 Å². The van der Waals surface area contributed by atoms with Gasteiger partial charge in [-0.3, -0.25) is 0 Å². The summed E-state index contributed by atoms with van der Waals surface area (Å²) in [7, 11) is 0. The number of carbonyl (C=O) groups excluding carboxylic acids is 1. The number of esters is 1. The number of phenolic OH excluding ortho intramolecular Hbond substituents is 2. The van der Waals surface area contributed by atoms with Crippen LogP contribution in [-0.2, 0) is 15.2 Å². The van der Waals surface area contributed by atoms with Gasteiger partial charge in [-0.15, -0.1) is 0 Å². The first-order valence-electron chi connectivity index (χ1n) is 9.49. The number of thiocarbonyl (C=S) groups is 1. The van der Waals surface area contributed by atoms with Gasteiger partial charge in [0.2, 0.25) is 0 Å². The van der Waals surface area contributed by atoms with Crippen LogP contribution in [0.3, 0.4) is 0 Å². The molecule has 5 rings (SSSR count). The molecule has 2 aliphatic heterocycles. The maximum atomic E-state index is 12.5. The van der Waals surface area contributed by atoms with Crippen LogP contribution in [0.15, 0.2) is 65.8 Å². The number of isothiocyanates is 1. The second-order valence-corrected chi connectivity index (χ2v) is 7.00. The third-order valence-corrected chi connectivity index (χ3v) is 5.04. The lowest BCUT2D eigenvalue weighted by molar-refractivity contribution is 0.0224. The number of aromatic hydroxyl groups is 2. The highest BCUT2D eigenvalue weighted by Gasteiger charge is 2.53. The van der Waals surface area contributed by atoms with Gasteiger partial charge in [0.1, 0.15) is 34.8 Å². The lowest BCUT2D eigenvalue weighted by atomic mass is 9.77. The zero-order chi connectivity index (χ0) is 22.7. The van der Waals surface area contributed by atoms with Gasteiger partial charge in [-0.25, -0.2) is 4.79 Å². The molecule has 0 atom stereocenters. The fourth-order valence-corrected chi connectivity index (χ4v) is 3.82. The predicted molar refractivity (Wildman–Crippen MR) is 116 cm³/mol. The van der Waals surface area contributed by atoms with Gasteiger partial charge >= 0.3 is 5.97 Å². The molecular formula is C23H17NO7S. The number of aliphatic hydroxyl groups is 1. The van der Waals surface area contributed by atoms with Crippen molar-refractivity contribution in [2.24, 2.45) is 5.16 Å². The van der Waals surface area contributed by atoms with Crippen molar-refractivity contribution in [1.82, 2.24) is 0 Å². The van der Waals surface area contributed by atoms with Crippen LogP contribution in [0.25, 0.3) is 0 Å². The molecule has 3 aromatic carbocycles. The Bertz CT molecular complexity index is 1190. The number of aliphatic hydroxyl groups excluding tert-OH is 1. The van der Waals surface area contributed by atoms with E-state index in [0.717, 1.165) is 0 Å². The summed E-state index contributed by atoms with van der Waals surface area (Å²) in [6.07, 6.45) is 0. The van der Waals surface area contributed by atoms with Crippen LogP contribution in [0.2, 0.25) is 0 Å². The standard InChI is InChI=1S/C20H12O5.C3H5NO2S/c21-11-5-7-15-17(9-11)24-18-10-12(22)6-8-16(18)20(15)14-4-2-1-3-13(14)19(23)25-20;5-1-2-6-4-3-7/h1-10,21-22H;5H,1-2H2. The smallest absolute Gasteiger partial charge is 0.340 e. The van der Waals surface area contributed by atoms with Gasteiger partial charge in [-0.2, -0.15) is 0 Å². The number of ether oxygens (including phenoxy) is 2. The lowest BCUT2D eigenvalue weighted by Gasteiger charge is -2.36. The van der Waals surface area contributed by atoms with Crippen LogP contribution < -0.4 is 4.74 Å². The van der Waals surface area contributed by atoms with E-state index in [1.54, 1.807) is 24.3 Å². The zero-order valence-electron chi connectivity index (χ0n) is 16.5. The Morgan fingerprint density at radius 2 is 1.59 bits per heavy atom. The van der Waals surface area contributed by atoms with Gasteiger partial charge in [0.15, 0.2) is 5.60 Å². The van der Waals surface area contributed by atoms with Gasteiger partial charge in [0.05, 0.1) is 12.2 Å². The summed E-state index contributed by atoms with van der Waals surface area (Å²) in [4.78, 5) is 16.8. The molecule has 0 fully saturated rings. The Balaban J connectivity index is 0.000000307. The third kappa shape index (κ3) is 3.54. The number of hydrogen-bond acceptors (Lipinski definition) is 9. The highest BCUT2D eigenvalue weighted by atomic mass is 32.1. The van der Waals surface area contributed by atoms with E-state index in [2.05, 4.69) is 22.2 Å². The Kier molecular flexibility index (Phi) is 5.79. The molecule has 0 unspecified atom stereocenters. The molecule has 9 heteroatoms. The Morgan fingerprint density at radius 1 is 0.969 bits per heavy atom. The number of phenols is 2. The van der Waals surface area contributed by atoms with E-state index in [1.165, 1.54) is 24.3 Å². The highest BCUT2D eigenvalue weighted by molar-refractivity contribution is 7.78. The first-order valence-corrected chi connectivity index (χ1v) is 9.89. The van der Waals surface area contributed by atoms with E-state index in [4.69, 9.17) is 14.6 Å². The summed E-state index contributed by atoms with van der Waals surface area (Å²) in [5.74, 6) is 0.408. The van der Waals surface area contributed by atoms with Crippen molar-refractivity contribution < 1.29 is 34.4 Å². The molecule has 0 amide bonds. The van der Waals surface area contributed by atoms with E-state index >= 15 is 0 Å². The van der Waals surface area contributed by atoms with Crippen molar-refractivity contribution >= 4 is 23.3 Å². The Hall–Kier alpha value is -3.91. The molecule has 8 nitrogen and oxygen atoms in total. The van der Waals surface area contributed by atoms with Crippen LogP contribution in [0.5, 0.6) is 23.0 Å². The number of carbonyl (C=O) groups is 1. The molecule has 0 saturated heterocycles. The number of benzene rings is 3. The van der Waals surface area contributed by atoms with Crippen LogP contribution in [0.1, 0.15) is 27.0 Å². The third-order valence-electron chi connectivity index (χ3n) is 4.97. The molecule has 2 aliphatic rings. The van der Waals surface area contributed by atoms with Gasteiger partial charge in [0, 0.05) is 28.8 Å². The first-order chi connectivity index (χ1) is 15.5. The molecule has 1 spiro atoms. The summed E-state index contributed by atoms with van der Waals surface area (Å²) in [6, 6.07) is 16.6. The van der Waals surface area contributed by atoms with E-state index in [-0.39, 0.29) is 24.7 Å². The molecule has 0 radical (unpaired) electrons. The minimum absolute atomic E-state index is 0.0371. The van der Waals surface area contributed by atoms with E-state index in [0.29, 0.717) is 33.8 Å². The molecule has 2 heterocycles. The number of hydrogen-bond donors (Lipinski definition) is 3. The average molecular weight is 451 g/mol. The largest absolute Gasteiger partial charge is 0.508 e. The van der Waals surface area contributed by atoms with Crippen LogP contribution in [0, 0.1) is 0 Å². The molecule has 3 aromatic rings. The average Bonchev–Trinajstić information content (AvgIpc) is 3.07. The normalized spacial score (nSPS) is 13.8. The number of nitrogens with zero attached hydrogens (tertiary/aromatic N) is 1. The van der Waals surface area contributed by atoms with Crippen molar-refractivity contribution in [2.45, 2.75) is 5.60 Å². The fraction of sp³-hybridized carbons (Fsp3) is 0.130. The molecule has 32 heavy (non-hydrogen) atoms. The van der Waals surface area contributed by atoms with Crippen molar-refractivity contribution in [3.05, 3.63) is 82.9 Å². The SMILES string of the molecule is O=C1OC2(c3ccc(O)cc3Oc3cc(O)ccc32)c2ccccc21.OCCON=C=S. The van der Waals surface area contributed by atoms with E-state index in [9.17, 15) is 15.0 Å². The van der Waals surface area contributed by atoms with Crippen LogP contribution in [0.4, 0.5) is 0 Å². The van der Waals surface area contributed by atoms with Crippen molar-refractivity contribution in [2.75, 3.05) is 13.2 Å². The van der Waals surface area contributed by atoms with Crippen molar-refractivity contribution in [3.63, 3.8) is 0 Å². The first kappa shape index (κ1) is 21.3. The fourth-order valence-electron chi connectivity index (χ4n) is 3.77. The topological polar surface area (TPSA) is 118 Å². The predicted octanol–water partition coefficient (Wildman–Crippen LogP) is 3.68. The summed E-state index contributed by atoms with van der Waals surface area (Å²) >= 11 is 4.14. The summed E-state index contributed by atoms with van der Waals surface area (Å²) in [5.41, 5.74) is 1.28. The molecule has 0 saturated carbocycles. The quantitative estimate of drug-likeness (QED) is 0.182. The minimum atomic E-state index is -1.17. The van der Waals surface area contributed by atoms with E-state index in [1.807, 2.05) is 17.3 Å². The molecule has 0 bridgehead atoms. The van der Waals surface area contributed by atoms with Crippen LogP contribution in [-0.4, -0.2) is 39.7 Å². The molecule has 3 N–H and O–H groups in total. The molecule has 0 aliphatic carbocycles. The van der Waals surface area contributed by atoms with Gasteiger partial charge in [-0.05, 0) is 47.7 Å². The van der Waals surface area contributed by atoms with Gasteiger partial charge in [-0.1, -0.05) is 18.2 Å². The zero-order valence-corrected chi connectivity index (χ0v) is 17.3. The molecular weight excluding hydrogens is 434 g/mol. The Labute approximate surface area is 187 Å². The molecule has 0 aromatic heterocycles. The van der Waals surface area contributed by atoms with Crippen molar-refractivity contribution in [1.29, 1.82) is 0 Å². The lowest BCUT2D eigenvalue weighted by Crippen LogP contribution is -2.32. The highest BCUT2D eigenvalue weighted by Crippen LogP contribution is 2.56. The second kappa shape index (κ2) is 8.68.